The number of benzene rings is 1. The smallest absolute Gasteiger partial charge is 0.211 e. The Bertz CT molecular complexity index is 630. The summed E-state index contributed by atoms with van der Waals surface area (Å²) >= 11 is 1.55. The Balaban J connectivity index is 2.22. The molecule has 1 fully saturated rings. The van der Waals surface area contributed by atoms with Crippen molar-refractivity contribution in [2.45, 2.75) is 4.90 Å². The number of anilines is 1. The van der Waals surface area contributed by atoms with Gasteiger partial charge in [-0.1, -0.05) is 6.07 Å². The van der Waals surface area contributed by atoms with Crippen LogP contribution in [0.5, 0.6) is 0 Å². The Morgan fingerprint density at radius 2 is 1.90 bits per heavy atom. The van der Waals surface area contributed by atoms with Crippen LogP contribution >= 0.6 is 11.8 Å². The molecule has 0 atom stereocenters. The van der Waals surface area contributed by atoms with E-state index in [2.05, 4.69) is 11.0 Å². The highest BCUT2D eigenvalue weighted by atomic mass is 32.2. The van der Waals surface area contributed by atoms with Crippen LogP contribution in [0.1, 0.15) is 5.56 Å². The molecule has 5 nitrogen and oxygen atoms in total. The first-order valence-electron chi connectivity index (χ1n) is 6.24. The van der Waals surface area contributed by atoms with Crippen molar-refractivity contribution in [3.63, 3.8) is 0 Å². The Morgan fingerprint density at radius 1 is 1.25 bits per heavy atom. The van der Waals surface area contributed by atoms with Gasteiger partial charge in [-0.3, -0.25) is 0 Å². The molecule has 0 spiro atoms. The summed E-state index contributed by atoms with van der Waals surface area (Å²) < 4.78 is 24.5. The molecule has 0 N–H and O–H groups in total. The second-order valence-corrected chi connectivity index (χ2v) is 7.45. The second kappa shape index (κ2) is 6.04. The minimum atomic E-state index is -3.12. The summed E-state index contributed by atoms with van der Waals surface area (Å²) in [5, 5.41) is 9.35. The number of nitrogens with zero attached hydrogens (tertiary/aromatic N) is 3. The SMILES string of the molecule is CSc1cccc(N2CCN(S(C)(=O)=O)CC2)c1C#N. The van der Waals surface area contributed by atoms with Gasteiger partial charge in [0.15, 0.2) is 0 Å². The van der Waals surface area contributed by atoms with Gasteiger partial charge in [0.2, 0.25) is 10.0 Å². The summed E-state index contributed by atoms with van der Waals surface area (Å²) in [6.45, 7) is 2.15. The largest absolute Gasteiger partial charge is 0.368 e. The lowest BCUT2D eigenvalue weighted by molar-refractivity contribution is 0.388. The number of hydrogen-bond donors (Lipinski definition) is 0. The quantitative estimate of drug-likeness (QED) is 0.789. The average molecular weight is 311 g/mol. The Labute approximate surface area is 124 Å². The van der Waals surface area contributed by atoms with Gasteiger partial charge < -0.3 is 4.90 Å². The zero-order valence-electron chi connectivity index (χ0n) is 11.5. The van der Waals surface area contributed by atoms with Gasteiger partial charge in [-0.25, -0.2) is 8.42 Å². The van der Waals surface area contributed by atoms with Crippen molar-refractivity contribution >= 4 is 27.5 Å². The highest BCUT2D eigenvalue weighted by Crippen LogP contribution is 2.29. The second-order valence-electron chi connectivity index (χ2n) is 4.62. The van der Waals surface area contributed by atoms with E-state index < -0.39 is 10.0 Å². The summed E-state index contributed by atoms with van der Waals surface area (Å²) in [5.74, 6) is 0. The highest BCUT2D eigenvalue weighted by Gasteiger charge is 2.25. The zero-order valence-corrected chi connectivity index (χ0v) is 13.2. The Hall–Kier alpha value is -1.23. The third kappa shape index (κ3) is 3.08. The van der Waals surface area contributed by atoms with Crippen LogP contribution in [0.2, 0.25) is 0 Å². The molecular formula is C13H17N3O2S2. The lowest BCUT2D eigenvalue weighted by Gasteiger charge is -2.35. The van der Waals surface area contributed by atoms with Crippen molar-refractivity contribution in [1.29, 1.82) is 5.26 Å². The first kappa shape index (κ1) is 15.2. The maximum absolute atomic E-state index is 11.5. The molecule has 0 aliphatic carbocycles. The Kier molecular flexibility index (Phi) is 4.58. The van der Waals surface area contributed by atoms with Crippen LogP contribution < -0.4 is 4.90 Å². The van der Waals surface area contributed by atoms with E-state index in [0.29, 0.717) is 31.7 Å². The number of rotatable bonds is 3. The van der Waals surface area contributed by atoms with Crippen LogP contribution in [0.4, 0.5) is 5.69 Å². The molecule has 0 amide bonds. The lowest BCUT2D eigenvalue weighted by atomic mass is 10.1. The Morgan fingerprint density at radius 3 is 2.40 bits per heavy atom. The van der Waals surface area contributed by atoms with E-state index in [1.165, 1.54) is 10.6 Å². The molecule has 1 aliphatic rings. The monoisotopic (exact) mass is 311 g/mol. The summed E-state index contributed by atoms with van der Waals surface area (Å²) in [7, 11) is -3.12. The predicted octanol–water partition coefficient (Wildman–Crippen LogP) is 1.36. The van der Waals surface area contributed by atoms with Gasteiger partial charge in [-0.15, -0.1) is 11.8 Å². The van der Waals surface area contributed by atoms with Crippen LogP contribution in [0.25, 0.3) is 0 Å². The summed E-state index contributed by atoms with van der Waals surface area (Å²) in [5.41, 5.74) is 1.57. The molecule has 1 aliphatic heterocycles. The molecule has 2 rings (SSSR count). The standard InChI is InChI=1S/C13H17N3O2S2/c1-19-13-5-3-4-12(11(13)10-14)15-6-8-16(9-7-15)20(2,17)18/h3-5H,6-9H2,1-2H3. The molecule has 20 heavy (non-hydrogen) atoms. The maximum Gasteiger partial charge on any atom is 0.211 e. The zero-order chi connectivity index (χ0) is 14.8. The summed E-state index contributed by atoms with van der Waals surface area (Å²) in [6, 6.07) is 8.05. The number of hydrogen-bond acceptors (Lipinski definition) is 5. The fourth-order valence-electron chi connectivity index (χ4n) is 2.33. The third-order valence-electron chi connectivity index (χ3n) is 3.38. The van der Waals surface area contributed by atoms with Crippen molar-refractivity contribution in [2.75, 3.05) is 43.6 Å². The maximum atomic E-state index is 11.5. The van der Waals surface area contributed by atoms with Crippen LogP contribution in [0, 0.1) is 11.3 Å². The molecule has 0 saturated carbocycles. The van der Waals surface area contributed by atoms with Gasteiger partial charge in [0.05, 0.1) is 17.5 Å². The number of thioether (sulfide) groups is 1. The molecule has 0 aromatic heterocycles. The first-order chi connectivity index (χ1) is 9.47. The first-order valence-corrected chi connectivity index (χ1v) is 9.32. The van der Waals surface area contributed by atoms with Gasteiger partial charge >= 0.3 is 0 Å². The number of nitriles is 1. The molecule has 108 valence electrons. The molecule has 0 unspecified atom stereocenters. The molecule has 7 heteroatoms. The van der Waals surface area contributed by atoms with Crippen molar-refractivity contribution in [3.8, 4) is 6.07 Å². The van der Waals surface area contributed by atoms with Crippen LogP contribution in [-0.2, 0) is 10.0 Å². The van der Waals surface area contributed by atoms with Crippen LogP contribution in [-0.4, -0.2) is 51.4 Å². The van der Waals surface area contributed by atoms with Gasteiger partial charge in [0.1, 0.15) is 6.07 Å². The molecule has 1 saturated heterocycles. The average Bonchev–Trinajstić information content (AvgIpc) is 2.45. The minimum absolute atomic E-state index is 0.465. The van der Waals surface area contributed by atoms with Crippen molar-refractivity contribution in [2.24, 2.45) is 0 Å². The van der Waals surface area contributed by atoms with Crippen LogP contribution in [0.3, 0.4) is 0 Å². The highest BCUT2D eigenvalue weighted by molar-refractivity contribution is 7.98. The predicted molar refractivity (Wildman–Crippen MR) is 81.6 cm³/mol. The van der Waals surface area contributed by atoms with Gasteiger partial charge in [-0.05, 0) is 18.4 Å². The number of piperazine rings is 1. The van der Waals surface area contributed by atoms with Crippen molar-refractivity contribution < 1.29 is 8.42 Å². The van der Waals surface area contributed by atoms with E-state index in [1.54, 1.807) is 11.8 Å². The normalized spacial score (nSPS) is 16.9. The molecule has 0 bridgehead atoms. The molecular weight excluding hydrogens is 294 g/mol. The van der Waals surface area contributed by atoms with Gasteiger partial charge in [0.25, 0.3) is 0 Å². The van der Waals surface area contributed by atoms with E-state index >= 15 is 0 Å². The van der Waals surface area contributed by atoms with Crippen molar-refractivity contribution in [1.82, 2.24) is 4.31 Å². The molecule has 1 heterocycles. The minimum Gasteiger partial charge on any atom is -0.368 e. The fourth-order valence-corrected chi connectivity index (χ4v) is 3.72. The topological polar surface area (TPSA) is 64.4 Å². The van der Waals surface area contributed by atoms with E-state index in [1.807, 2.05) is 24.5 Å². The fraction of sp³-hybridized carbons (Fsp3) is 0.462. The van der Waals surface area contributed by atoms with Crippen molar-refractivity contribution in [3.05, 3.63) is 23.8 Å². The molecule has 0 radical (unpaired) electrons. The van der Waals surface area contributed by atoms with E-state index in [4.69, 9.17) is 0 Å². The van der Waals surface area contributed by atoms with Crippen LogP contribution in [0.15, 0.2) is 23.1 Å². The van der Waals surface area contributed by atoms with E-state index in [0.717, 1.165) is 10.6 Å². The lowest BCUT2D eigenvalue weighted by Crippen LogP contribution is -2.48. The summed E-state index contributed by atoms with van der Waals surface area (Å²) in [6.07, 6.45) is 3.18. The third-order valence-corrected chi connectivity index (χ3v) is 5.47. The molecule has 1 aromatic rings. The number of sulfonamides is 1. The summed E-state index contributed by atoms with van der Waals surface area (Å²) in [4.78, 5) is 3.04. The molecule has 1 aromatic carbocycles. The van der Waals surface area contributed by atoms with Gasteiger partial charge in [-0.2, -0.15) is 9.57 Å². The van der Waals surface area contributed by atoms with Gasteiger partial charge in [0, 0.05) is 31.1 Å². The van der Waals surface area contributed by atoms with E-state index in [9.17, 15) is 13.7 Å². The van der Waals surface area contributed by atoms with E-state index in [-0.39, 0.29) is 0 Å².